The van der Waals surface area contributed by atoms with E-state index in [1.807, 2.05) is 11.3 Å². The first-order chi connectivity index (χ1) is 35.7. The quantitative estimate of drug-likeness (QED) is 0.137. The summed E-state index contributed by atoms with van der Waals surface area (Å²) in [4.78, 5) is 7.02. The molecule has 0 amide bonds. The highest BCUT2D eigenvalue weighted by atomic mass is 32.1. The molecule has 0 bridgehead atoms. The maximum Gasteiger partial charge on any atom is 0.137 e. The van der Waals surface area contributed by atoms with Crippen LogP contribution >= 0.6 is 11.3 Å². The number of aromatic nitrogens is 1. The lowest BCUT2D eigenvalue weighted by molar-refractivity contribution is 0.669. The predicted octanol–water partition coefficient (Wildman–Crippen LogP) is 19.5. The van der Waals surface area contributed by atoms with E-state index in [2.05, 4.69) is 286 Å². The Balaban J connectivity index is 0.859. The van der Waals surface area contributed by atoms with Crippen molar-refractivity contribution in [2.75, 3.05) is 14.7 Å². The molecular formula is C66H44N4OS. The Labute approximate surface area is 420 Å². The van der Waals surface area contributed by atoms with Gasteiger partial charge in [-0.2, -0.15) is 0 Å². The molecule has 72 heavy (non-hydrogen) atoms. The molecule has 0 aliphatic rings. The summed E-state index contributed by atoms with van der Waals surface area (Å²) >= 11 is 1.84. The highest BCUT2D eigenvalue weighted by Gasteiger charge is 2.21. The van der Waals surface area contributed by atoms with Crippen molar-refractivity contribution in [1.29, 1.82) is 0 Å². The highest BCUT2D eigenvalue weighted by Crippen LogP contribution is 2.46. The number of para-hydroxylation sites is 6. The van der Waals surface area contributed by atoms with Crippen LogP contribution in [0.2, 0.25) is 0 Å². The number of furan rings is 1. The molecule has 0 aliphatic carbocycles. The second kappa shape index (κ2) is 17.2. The van der Waals surface area contributed by atoms with E-state index in [0.717, 1.165) is 78.8 Å². The maximum atomic E-state index is 6.68. The van der Waals surface area contributed by atoms with Gasteiger partial charge < -0.3 is 23.7 Å². The van der Waals surface area contributed by atoms with Crippen LogP contribution in [0.5, 0.6) is 0 Å². The minimum atomic E-state index is 0.838. The first kappa shape index (κ1) is 41.6. The van der Waals surface area contributed by atoms with E-state index in [-0.39, 0.29) is 0 Å². The molecule has 0 saturated carbocycles. The molecule has 0 fully saturated rings. The Morgan fingerprint density at radius 1 is 0.264 bits per heavy atom. The molecule has 3 aromatic heterocycles. The van der Waals surface area contributed by atoms with Crippen LogP contribution in [0, 0.1) is 0 Å². The van der Waals surface area contributed by atoms with Crippen LogP contribution in [0.1, 0.15) is 0 Å². The second-order valence-electron chi connectivity index (χ2n) is 18.2. The highest BCUT2D eigenvalue weighted by molar-refractivity contribution is 7.25. The molecule has 0 N–H and O–H groups in total. The number of hydrogen-bond donors (Lipinski definition) is 0. The van der Waals surface area contributed by atoms with E-state index in [0.29, 0.717) is 0 Å². The first-order valence-electron chi connectivity index (χ1n) is 24.3. The van der Waals surface area contributed by atoms with Crippen molar-refractivity contribution in [2.24, 2.45) is 0 Å². The van der Waals surface area contributed by atoms with Crippen LogP contribution in [-0.4, -0.2) is 4.57 Å². The number of nitrogens with zero attached hydrogens (tertiary/aromatic N) is 4. The van der Waals surface area contributed by atoms with Crippen molar-refractivity contribution in [3.8, 4) is 5.69 Å². The molecular weight excluding hydrogens is 897 g/mol. The summed E-state index contributed by atoms with van der Waals surface area (Å²) in [5.41, 5.74) is 14.9. The zero-order valence-corrected chi connectivity index (χ0v) is 39.8. The van der Waals surface area contributed by atoms with Crippen LogP contribution in [0.25, 0.3) is 69.6 Å². The normalized spacial score (nSPS) is 11.6. The zero-order chi connectivity index (χ0) is 47.5. The molecule has 0 spiro atoms. The number of rotatable bonds is 10. The standard InChI is InChI=1S/C66H44N4OS/c1-6-18-45(19-7-1)67(46-20-8-2-9-21-46)50-33-38-63-59(40-50)57-36-31-53(43-64(57)71-63)68(47-22-10-3-11-23-47)51-34-39-65-60(41-51)58-37-32-54(44-66(58)72-65)69(48-24-12-4-13-25-48)52-30-35-56-55-28-16-17-29-61(55)70(62(56)42-52)49-26-14-5-15-27-49/h1-44H. The van der Waals surface area contributed by atoms with Crippen LogP contribution in [0.4, 0.5) is 51.2 Å². The maximum absolute atomic E-state index is 6.68. The van der Waals surface area contributed by atoms with Crippen molar-refractivity contribution in [3.05, 3.63) is 267 Å². The predicted molar refractivity (Wildman–Crippen MR) is 305 cm³/mol. The Hall–Kier alpha value is -9.36. The lowest BCUT2D eigenvalue weighted by Gasteiger charge is -2.26. The molecule has 0 aliphatic heterocycles. The van der Waals surface area contributed by atoms with Gasteiger partial charge in [0.25, 0.3) is 0 Å². The number of benzene rings is 11. The SMILES string of the molecule is c1ccc(N(c2ccccc2)c2ccc3oc4cc(N(c5ccccc5)c5ccc6sc7cc(N(c8ccccc8)c8ccc9c%10ccccc%10n(-c%10ccccc%10)c9c8)ccc7c6c5)ccc4c3c2)cc1. The molecule has 14 rings (SSSR count). The van der Waals surface area contributed by atoms with Crippen molar-refractivity contribution >= 4 is 126 Å². The molecule has 340 valence electrons. The Kier molecular flexibility index (Phi) is 9.96. The van der Waals surface area contributed by atoms with Gasteiger partial charge in [-0.25, -0.2) is 0 Å². The Morgan fingerprint density at radius 3 is 1.33 bits per heavy atom. The fourth-order valence-corrected chi connectivity index (χ4v) is 11.8. The van der Waals surface area contributed by atoms with Gasteiger partial charge in [0.15, 0.2) is 0 Å². The van der Waals surface area contributed by atoms with Gasteiger partial charge in [-0.05, 0) is 140 Å². The topological polar surface area (TPSA) is 27.8 Å². The molecule has 5 nitrogen and oxygen atoms in total. The summed E-state index contributed by atoms with van der Waals surface area (Å²) in [6, 6.07) is 95.6. The van der Waals surface area contributed by atoms with Crippen molar-refractivity contribution in [2.45, 2.75) is 0 Å². The van der Waals surface area contributed by atoms with Gasteiger partial charge >= 0.3 is 0 Å². The van der Waals surface area contributed by atoms with E-state index in [9.17, 15) is 0 Å². The molecule has 0 unspecified atom stereocenters. The number of hydrogen-bond acceptors (Lipinski definition) is 5. The van der Waals surface area contributed by atoms with Crippen LogP contribution < -0.4 is 14.7 Å². The third kappa shape index (κ3) is 7.07. The minimum absolute atomic E-state index is 0.838. The van der Waals surface area contributed by atoms with Gasteiger partial charge in [-0.15, -0.1) is 11.3 Å². The first-order valence-corrected chi connectivity index (χ1v) is 25.1. The number of thiophene rings is 1. The van der Waals surface area contributed by atoms with E-state index in [1.54, 1.807) is 0 Å². The molecule has 6 heteroatoms. The number of anilines is 9. The van der Waals surface area contributed by atoms with Crippen LogP contribution in [0.15, 0.2) is 271 Å². The fourth-order valence-electron chi connectivity index (χ4n) is 10.7. The summed E-state index contributed by atoms with van der Waals surface area (Å²) in [6.07, 6.45) is 0. The van der Waals surface area contributed by atoms with E-state index in [4.69, 9.17) is 4.42 Å². The fraction of sp³-hybridized carbons (Fsp3) is 0. The van der Waals surface area contributed by atoms with Crippen molar-refractivity contribution in [1.82, 2.24) is 4.57 Å². The van der Waals surface area contributed by atoms with Gasteiger partial charge in [0.2, 0.25) is 0 Å². The average molecular weight is 941 g/mol. The van der Waals surface area contributed by atoms with Crippen molar-refractivity contribution < 1.29 is 4.42 Å². The zero-order valence-electron chi connectivity index (χ0n) is 39.0. The van der Waals surface area contributed by atoms with Gasteiger partial charge in [0, 0.05) is 105 Å². The van der Waals surface area contributed by atoms with Gasteiger partial charge in [0.1, 0.15) is 11.2 Å². The molecule has 0 saturated heterocycles. The van der Waals surface area contributed by atoms with E-state index >= 15 is 0 Å². The summed E-state index contributed by atoms with van der Waals surface area (Å²) < 4.78 is 11.5. The van der Waals surface area contributed by atoms with Crippen molar-refractivity contribution in [3.63, 3.8) is 0 Å². The largest absolute Gasteiger partial charge is 0.456 e. The Morgan fingerprint density at radius 2 is 0.708 bits per heavy atom. The lowest BCUT2D eigenvalue weighted by atomic mass is 10.1. The molecule has 3 heterocycles. The molecule has 11 aromatic carbocycles. The third-order valence-corrected chi connectivity index (χ3v) is 15.0. The average Bonchev–Trinajstić information content (AvgIpc) is 4.11. The summed E-state index contributed by atoms with van der Waals surface area (Å²) in [7, 11) is 0. The number of fused-ring (bicyclic) bond motifs is 9. The van der Waals surface area contributed by atoms with Crippen LogP contribution in [-0.2, 0) is 0 Å². The van der Waals surface area contributed by atoms with Gasteiger partial charge in [0.05, 0.1) is 11.0 Å². The molecule has 0 radical (unpaired) electrons. The van der Waals surface area contributed by atoms with Gasteiger partial charge in [-0.3, -0.25) is 0 Å². The summed E-state index contributed by atoms with van der Waals surface area (Å²) in [6.45, 7) is 0. The lowest BCUT2D eigenvalue weighted by Crippen LogP contribution is -2.10. The van der Waals surface area contributed by atoms with E-state index in [1.165, 1.54) is 42.0 Å². The summed E-state index contributed by atoms with van der Waals surface area (Å²) in [5.74, 6) is 0. The molecule has 0 atom stereocenters. The third-order valence-electron chi connectivity index (χ3n) is 13.9. The minimum Gasteiger partial charge on any atom is -0.456 e. The monoisotopic (exact) mass is 940 g/mol. The van der Waals surface area contributed by atoms with Gasteiger partial charge in [-0.1, -0.05) is 121 Å². The smallest absolute Gasteiger partial charge is 0.137 e. The second-order valence-corrected chi connectivity index (χ2v) is 19.2. The van der Waals surface area contributed by atoms with E-state index < -0.39 is 0 Å². The summed E-state index contributed by atoms with van der Waals surface area (Å²) in [5, 5.41) is 7.06. The van der Waals surface area contributed by atoms with Crippen LogP contribution in [0.3, 0.4) is 0 Å². The molecule has 14 aromatic rings. The Bertz CT molecular complexity index is 4240.